The van der Waals surface area contributed by atoms with Crippen molar-refractivity contribution in [3.8, 4) is 0 Å². The molecule has 0 heterocycles. The average molecular weight is 269 g/mol. The van der Waals surface area contributed by atoms with Gasteiger partial charge in [0, 0.05) is 18.2 Å². The highest BCUT2D eigenvalue weighted by Gasteiger charge is 2.22. The number of hydrogen-bond donors (Lipinski definition) is 2. The van der Waals surface area contributed by atoms with Gasteiger partial charge in [-0.05, 0) is 43.9 Å². The van der Waals surface area contributed by atoms with Crippen LogP contribution < -0.4 is 5.32 Å². The van der Waals surface area contributed by atoms with Gasteiger partial charge in [0.05, 0.1) is 6.10 Å². The molecule has 0 aliphatic heterocycles. The van der Waals surface area contributed by atoms with Crippen LogP contribution >= 0.6 is 0 Å². The van der Waals surface area contributed by atoms with Crippen LogP contribution in [0.4, 0.5) is 8.78 Å². The molecule has 1 aromatic rings. The van der Waals surface area contributed by atoms with Gasteiger partial charge in [-0.2, -0.15) is 0 Å². The lowest BCUT2D eigenvalue weighted by molar-refractivity contribution is 0.161. The molecule has 0 amide bonds. The van der Waals surface area contributed by atoms with Crippen LogP contribution in [0.1, 0.15) is 44.3 Å². The van der Waals surface area contributed by atoms with Gasteiger partial charge in [-0.3, -0.25) is 0 Å². The van der Waals surface area contributed by atoms with Crippen LogP contribution in [0.2, 0.25) is 0 Å². The highest BCUT2D eigenvalue weighted by molar-refractivity contribution is 5.21. The Morgan fingerprint density at radius 2 is 2.00 bits per heavy atom. The molecule has 106 valence electrons. The topological polar surface area (TPSA) is 32.3 Å². The average Bonchev–Trinajstić information content (AvgIpc) is 2.92. The predicted molar refractivity (Wildman–Crippen MR) is 70.7 cm³/mol. The van der Waals surface area contributed by atoms with E-state index >= 15 is 0 Å². The SMILES string of the molecule is C[C@H](NCC(O)c1cc(F)ccc1F)C1CCCC1. The maximum atomic E-state index is 13.5. The first-order valence-corrected chi connectivity index (χ1v) is 6.94. The van der Waals surface area contributed by atoms with Gasteiger partial charge in [0.25, 0.3) is 0 Å². The molecule has 1 unspecified atom stereocenters. The van der Waals surface area contributed by atoms with Crippen molar-refractivity contribution in [2.75, 3.05) is 6.54 Å². The summed E-state index contributed by atoms with van der Waals surface area (Å²) in [6.45, 7) is 2.34. The van der Waals surface area contributed by atoms with Crippen molar-refractivity contribution in [1.82, 2.24) is 5.32 Å². The minimum absolute atomic E-state index is 0.0196. The van der Waals surface area contributed by atoms with E-state index in [2.05, 4.69) is 12.2 Å². The molecule has 2 nitrogen and oxygen atoms in total. The zero-order chi connectivity index (χ0) is 13.8. The van der Waals surface area contributed by atoms with Crippen molar-refractivity contribution in [1.29, 1.82) is 0 Å². The monoisotopic (exact) mass is 269 g/mol. The Bertz CT molecular complexity index is 419. The molecule has 2 N–H and O–H groups in total. The Labute approximate surface area is 112 Å². The molecule has 4 heteroatoms. The summed E-state index contributed by atoms with van der Waals surface area (Å²) >= 11 is 0. The molecule has 0 saturated heterocycles. The number of aliphatic hydroxyl groups is 1. The molecule has 1 aromatic carbocycles. The van der Waals surface area contributed by atoms with E-state index in [1.165, 1.54) is 25.7 Å². The fourth-order valence-corrected chi connectivity index (χ4v) is 2.80. The fraction of sp³-hybridized carbons (Fsp3) is 0.600. The molecule has 0 aromatic heterocycles. The standard InChI is InChI=1S/C15H21F2NO/c1-10(11-4-2-3-5-11)18-9-15(19)13-8-12(16)6-7-14(13)17/h6-8,10-11,15,18-19H,2-5,9H2,1H3/t10-,15?/m0/s1. The predicted octanol–water partition coefficient (Wildman–Crippen LogP) is 3.17. The van der Waals surface area contributed by atoms with Crippen LogP contribution in [0.5, 0.6) is 0 Å². The molecule has 1 aliphatic rings. The van der Waals surface area contributed by atoms with Crippen LogP contribution in [-0.4, -0.2) is 17.7 Å². The summed E-state index contributed by atoms with van der Waals surface area (Å²) in [6, 6.07) is 3.46. The lowest BCUT2D eigenvalue weighted by Gasteiger charge is -2.22. The van der Waals surface area contributed by atoms with Crippen molar-refractivity contribution in [3.05, 3.63) is 35.4 Å². The first kappa shape index (κ1) is 14.4. The highest BCUT2D eigenvalue weighted by atomic mass is 19.1. The molecule has 0 bridgehead atoms. The second kappa shape index (κ2) is 6.44. The normalized spacial score (nSPS) is 19.6. The number of halogens is 2. The quantitative estimate of drug-likeness (QED) is 0.860. The highest BCUT2D eigenvalue weighted by Crippen LogP contribution is 2.27. The van der Waals surface area contributed by atoms with Crippen molar-refractivity contribution in [2.45, 2.75) is 44.8 Å². The number of rotatable bonds is 5. The minimum atomic E-state index is -1.01. The zero-order valence-corrected chi connectivity index (χ0v) is 11.2. The van der Waals surface area contributed by atoms with E-state index in [9.17, 15) is 13.9 Å². The number of nitrogens with one attached hydrogen (secondary N) is 1. The maximum absolute atomic E-state index is 13.5. The van der Waals surface area contributed by atoms with E-state index < -0.39 is 17.7 Å². The van der Waals surface area contributed by atoms with Crippen molar-refractivity contribution in [2.24, 2.45) is 5.92 Å². The van der Waals surface area contributed by atoms with Gasteiger partial charge in [-0.15, -0.1) is 0 Å². The van der Waals surface area contributed by atoms with E-state index in [0.717, 1.165) is 18.2 Å². The zero-order valence-electron chi connectivity index (χ0n) is 11.2. The van der Waals surface area contributed by atoms with Crippen LogP contribution in [0.25, 0.3) is 0 Å². The fourth-order valence-electron chi connectivity index (χ4n) is 2.80. The van der Waals surface area contributed by atoms with E-state index in [0.29, 0.717) is 12.0 Å². The molecule has 19 heavy (non-hydrogen) atoms. The summed E-state index contributed by atoms with van der Waals surface area (Å²) in [4.78, 5) is 0. The second-order valence-corrected chi connectivity index (χ2v) is 5.42. The maximum Gasteiger partial charge on any atom is 0.129 e. The molecule has 0 radical (unpaired) electrons. The Morgan fingerprint density at radius 1 is 1.32 bits per heavy atom. The molecule has 1 saturated carbocycles. The Hall–Kier alpha value is -1.00. The van der Waals surface area contributed by atoms with E-state index in [-0.39, 0.29) is 12.1 Å². The number of hydrogen-bond acceptors (Lipinski definition) is 2. The van der Waals surface area contributed by atoms with Crippen LogP contribution in [-0.2, 0) is 0 Å². The lowest BCUT2D eigenvalue weighted by atomic mass is 9.99. The summed E-state index contributed by atoms with van der Waals surface area (Å²) in [7, 11) is 0. The van der Waals surface area contributed by atoms with Crippen LogP contribution in [0.3, 0.4) is 0 Å². The third-order valence-electron chi connectivity index (χ3n) is 4.06. The molecular weight excluding hydrogens is 248 g/mol. The Kier molecular flexibility index (Phi) is 4.88. The third kappa shape index (κ3) is 3.74. The molecule has 2 atom stereocenters. The summed E-state index contributed by atoms with van der Waals surface area (Å²) in [5.41, 5.74) is 0.0196. The number of aliphatic hydroxyl groups excluding tert-OH is 1. The van der Waals surface area contributed by atoms with Gasteiger partial charge in [0.1, 0.15) is 11.6 Å². The Balaban J connectivity index is 1.89. The van der Waals surface area contributed by atoms with Gasteiger partial charge in [0.2, 0.25) is 0 Å². The van der Waals surface area contributed by atoms with Crippen molar-refractivity contribution in [3.63, 3.8) is 0 Å². The van der Waals surface area contributed by atoms with Gasteiger partial charge < -0.3 is 10.4 Å². The molecule has 1 aliphatic carbocycles. The largest absolute Gasteiger partial charge is 0.387 e. The van der Waals surface area contributed by atoms with Gasteiger partial charge in [-0.25, -0.2) is 8.78 Å². The summed E-state index contributed by atoms with van der Waals surface area (Å²) < 4.78 is 26.5. The summed E-state index contributed by atoms with van der Waals surface area (Å²) in [6.07, 6.45) is 3.92. The van der Waals surface area contributed by atoms with E-state index in [1.54, 1.807) is 0 Å². The molecule has 2 rings (SSSR count). The van der Waals surface area contributed by atoms with Gasteiger partial charge >= 0.3 is 0 Å². The molecule has 1 fully saturated rings. The van der Waals surface area contributed by atoms with E-state index in [1.807, 2.05) is 0 Å². The molecular formula is C15H21F2NO. The second-order valence-electron chi connectivity index (χ2n) is 5.42. The van der Waals surface area contributed by atoms with Crippen molar-refractivity contribution >= 4 is 0 Å². The summed E-state index contributed by atoms with van der Waals surface area (Å²) in [5.74, 6) is -0.465. The van der Waals surface area contributed by atoms with Crippen LogP contribution in [0.15, 0.2) is 18.2 Å². The van der Waals surface area contributed by atoms with E-state index in [4.69, 9.17) is 0 Å². The number of benzene rings is 1. The minimum Gasteiger partial charge on any atom is -0.387 e. The summed E-state index contributed by atoms with van der Waals surface area (Å²) in [5, 5.41) is 13.2. The molecule has 0 spiro atoms. The van der Waals surface area contributed by atoms with Crippen LogP contribution in [0, 0.1) is 17.6 Å². The van der Waals surface area contributed by atoms with Crippen molar-refractivity contribution < 1.29 is 13.9 Å². The smallest absolute Gasteiger partial charge is 0.129 e. The first-order valence-electron chi connectivity index (χ1n) is 6.94. The van der Waals surface area contributed by atoms with Gasteiger partial charge in [0.15, 0.2) is 0 Å². The first-order chi connectivity index (χ1) is 9.08. The third-order valence-corrected chi connectivity index (χ3v) is 4.06. The Morgan fingerprint density at radius 3 is 2.68 bits per heavy atom. The lowest BCUT2D eigenvalue weighted by Crippen LogP contribution is -2.35. The van der Waals surface area contributed by atoms with Gasteiger partial charge in [-0.1, -0.05) is 12.8 Å².